The van der Waals surface area contributed by atoms with Crippen LogP contribution in [-0.2, 0) is 60.6 Å². The Hall–Kier alpha value is -3.77. The average Bonchev–Trinajstić information content (AvgIpc) is 3.74. The number of hydrogen-bond acceptors (Lipinski definition) is 13. The zero-order chi connectivity index (χ0) is 47.4. The summed E-state index contributed by atoms with van der Waals surface area (Å²) >= 11 is 0. The monoisotopic (exact) mass is 960 g/mol. The largest absolute Gasteiger partial charge is 0.480 e. The number of unbranched alkanes of at least 4 members (excludes halogenated alkanes) is 14. The van der Waals surface area contributed by atoms with E-state index in [1.807, 2.05) is 0 Å². The third-order valence-corrected chi connectivity index (χ3v) is 10.2. The second-order valence-corrected chi connectivity index (χ2v) is 16.2. The van der Waals surface area contributed by atoms with Crippen LogP contribution in [0.5, 0.6) is 0 Å². The van der Waals surface area contributed by atoms with Gasteiger partial charge in [0.05, 0.1) is 51.9 Å². The lowest BCUT2D eigenvalue weighted by molar-refractivity contribution is -0.142. The molecule has 66 heavy (non-hydrogen) atoms. The van der Waals surface area contributed by atoms with Gasteiger partial charge in [0.15, 0.2) is 5.78 Å². The van der Waals surface area contributed by atoms with Crippen LogP contribution >= 0.6 is 9.90 Å². The van der Waals surface area contributed by atoms with Crippen LogP contribution in [0.15, 0.2) is 6.20 Å². The predicted octanol–water partition coefficient (Wildman–Crippen LogP) is 5.27. The first-order valence-corrected chi connectivity index (χ1v) is 24.3. The number of Topliss-reactive ketones (excluding diaryl/α,β-unsaturated/α-hetero) is 1. The normalized spacial score (nSPS) is 11.4. The lowest BCUT2D eigenvalue weighted by atomic mass is 10.0. The van der Waals surface area contributed by atoms with Crippen LogP contribution in [0.3, 0.4) is 0 Å². The first kappa shape index (κ1) is 62.2. The highest BCUT2D eigenvalue weighted by Crippen LogP contribution is 2.13. The number of carbonyl (C=O) groups is 6. The predicted molar refractivity (Wildman–Crippen MR) is 256 cm³/mol. The Morgan fingerprint density at radius 1 is 0.591 bits per heavy atom. The third-order valence-electron chi connectivity index (χ3n) is 10.2. The summed E-state index contributed by atoms with van der Waals surface area (Å²) in [4.78, 5) is 72.0. The van der Waals surface area contributed by atoms with Gasteiger partial charge in [0.1, 0.15) is 19.3 Å². The molecule has 0 saturated carbocycles. The van der Waals surface area contributed by atoms with Crippen molar-refractivity contribution in [3.63, 3.8) is 0 Å². The van der Waals surface area contributed by atoms with Gasteiger partial charge in [-0.25, -0.2) is 9.59 Å². The van der Waals surface area contributed by atoms with Crippen molar-refractivity contribution < 1.29 is 57.6 Å². The molecule has 1 aromatic rings. The molecule has 19 nitrogen and oxygen atoms in total. The zero-order valence-corrected chi connectivity index (χ0v) is 41.8. The molecule has 5 N–H and O–H groups in total. The van der Waals surface area contributed by atoms with Gasteiger partial charge in [-0.05, 0) is 25.7 Å². The number of amides is 4. The molecule has 0 aliphatic carbocycles. The minimum absolute atomic E-state index is 0. The quantitative estimate of drug-likeness (QED) is 0.0413. The number of alkyl carbamates (subject to hydrolysis) is 1. The summed E-state index contributed by atoms with van der Waals surface area (Å²) in [5.74, 6) is -2.15. The van der Waals surface area contributed by atoms with E-state index in [0.29, 0.717) is 51.2 Å². The summed E-state index contributed by atoms with van der Waals surface area (Å²) in [5, 5.41) is 28.3. The number of aliphatic carboxylic acids is 1. The number of carboxylic acids is 1. The van der Waals surface area contributed by atoms with Gasteiger partial charge in [-0.15, -0.1) is 5.10 Å². The molecule has 0 bridgehead atoms. The lowest BCUT2D eigenvalue weighted by Crippen LogP contribution is -2.41. The number of nitrogens with zero attached hydrogens (tertiary/aromatic N) is 3. The van der Waals surface area contributed by atoms with Gasteiger partial charge in [-0.2, -0.15) is 9.90 Å². The second-order valence-electron chi connectivity index (χ2n) is 16.2. The van der Waals surface area contributed by atoms with Crippen LogP contribution in [-0.4, -0.2) is 141 Å². The summed E-state index contributed by atoms with van der Waals surface area (Å²) in [6.07, 6.45) is 21.5. The zero-order valence-electron chi connectivity index (χ0n) is 40.4. The van der Waals surface area contributed by atoms with Crippen LogP contribution in [0, 0.1) is 0 Å². The van der Waals surface area contributed by atoms with Crippen molar-refractivity contribution in [1.29, 1.82) is 0 Å². The molecule has 20 heteroatoms. The minimum atomic E-state index is -1.16. The Kier molecular flexibility index (Phi) is 42.5. The van der Waals surface area contributed by atoms with E-state index in [2.05, 4.69) is 45.4 Å². The highest BCUT2D eigenvalue weighted by Gasteiger charge is 2.21. The van der Waals surface area contributed by atoms with Crippen molar-refractivity contribution in [2.75, 3.05) is 79.1 Å². The Morgan fingerprint density at radius 2 is 1.18 bits per heavy atom. The summed E-state index contributed by atoms with van der Waals surface area (Å²) in [6.45, 7) is 7.48. The number of nitrogens with one attached hydrogen (secondary N) is 4. The fourth-order valence-corrected chi connectivity index (χ4v) is 6.48. The molecule has 4 amide bonds. The number of aromatic nitrogens is 3. The first-order chi connectivity index (χ1) is 31.6. The average molecular weight is 960 g/mol. The summed E-state index contributed by atoms with van der Waals surface area (Å²) in [5.41, 5.74) is 0.679. The van der Waals surface area contributed by atoms with Crippen molar-refractivity contribution in [2.24, 2.45) is 0 Å². The SMILES string of the molecule is CCCCCCCCCCCCCCCC(=O)NC(CCC(=O)NCCOCCOCC(=O)CCCOCCOCC(=O)NCCn1cc(CCOC(=O)NCCCCC)nn1)C(=O)O.P. The van der Waals surface area contributed by atoms with Gasteiger partial charge in [0.25, 0.3) is 0 Å². The van der Waals surface area contributed by atoms with Gasteiger partial charge in [-0.3, -0.25) is 23.9 Å². The van der Waals surface area contributed by atoms with E-state index in [1.54, 1.807) is 10.9 Å². The Morgan fingerprint density at radius 3 is 1.85 bits per heavy atom. The Labute approximate surface area is 397 Å². The van der Waals surface area contributed by atoms with E-state index in [9.17, 15) is 33.9 Å². The Balaban J connectivity index is 0.0000422. The first-order valence-electron chi connectivity index (χ1n) is 24.3. The summed E-state index contributed by atoms with van der Waals surface area (Å²) < 4.78 is 28.4. The van der Waals surface area contributed by atoms with Gasteiger partial charge >= 0.3 is 12.1 Å². The van der Waals surface area contributed by atoms with E-state index in [4.69, 9.17) is 23.7 Å². The molecule has 0 saturated heterocycles. The molecule has 0 spiro atoms. The molecule has 0 radical (unpaired) electrons. The van der Waals surface area contributed by atoms with Crippen molar-refractivity contribution in [1.82, 2.24) is 36.3 Å². The maximum absolute atomic E-state index is 12.3. The van der Waals surface area contributed by atoms with Crippen LogP contribution in [0.2, 0.25) is 0 Å². The van der Waals surface area contributed by atoms with E-state index in [1.165, 1.54) is 57.8 Å². The van der Waals surface area contributed by atoms with Gasteiger partial charge < -0.3 is 50.1 Å². The van der Waals surface area contributed by atoms with E-state index in [0.717, 1.165) is 44.9 Å². The van der Waals surface area contributed by atoms with Gasteiger partial charge in [-0.1, -0.05) is 109 Å². The minimum Gasteiger partial charge on any atom is -0.480 e. The molecule has 0 fully saturated rings. The van der Waals surface area contributed by atoms with Crippen molar-refractivity contribution in [3.05, 3.63) is 11.9 Å². The second kappa shape index (κ2) is 45.0. The molecule has 1 heterocycles. The molecule has 1 aromatic heterocycles. The van der Waals surface area contributed by atoms with E-state index < -0.39 is 18.1 Å². The number of hydrogen-bond donors (Lipinski definition) is 5. The summed E-state index contributed by atoms with van der Waals surface area (Å²) in [7, 11) is 0. The topological polar surface area (TPSA) is 248 Å². The standard InChI is InChI=1S/C46H83N7O12.H3P/c1-3-5-7-8-9-10-11-12-13-14-15-16-17-21-43(56)50-41(45(58)59)22-23-42(55)48-27-31-62-33-34-63-37-40(54)20-19-29-61-32-35-64-38-44(57)47-26-28-53-36-39(51-52-53)24-30-65-46(60)49-25-18-6-4-2;/h36,41H,3-35,37-38H2,1-2H3,(H,47,57)(H,48,55)(H,49,60)(H,50,56)(H,58,59);1H3. The molecular weight excluding hydrogens is 874 g/mol. The Bertz CT molecular complexity index is 1410. The summed E-state index contributed by atoms with van der Waals surface area (Å²) in [6, 6.07) is -1.12. The highest BCUT2D eigenvalue weighted by molar-refractivity contribution is 6.92. The van der Waals surface area contributed by atoms with Gasteiger partial charge in [0, 0.05) is 58.1 Å². The number of ether oxygens (including phenoxy) is 5. The van der Waals surface area contributed by atoms with Crippen LogP contribution in [0.25, 0.3) is 0 Å². The lowest BCUT2D eigenvalue weighted by Gasteiger charge is -2.14. The number of ketones is 1. The van der Waals surface area contributed by atoms with Crippen LogP contribution in [0.1, 0.15) is 154 Å². The van der Waals surface area contributed by atoms with Crippen molar-refractivity contribution in [3.8, 4) is 0 Å². The van der Waals surface area contributed by atoms with Crippen molar-refractivity contribution >= 4 is 45.5 Å². The van der Waals surface area contributed by atoms with Gasteiger partial charge in [0.2, 0.25) is 17.7 Å². The van der Waals surface area contributed by atoms with Crippen molar-refractivity contribution in [2.45, 2.75) is 168 Å². The molecule has 0 aromatic carbocycles. The molecule has 0 aliphatic rings. The molecule has 2 unspecified atom stereocenters. The molecule has 2 atom stereocenters. The molecule has 0 aliphatic heterocycles. The van der Waals surface area contributed by atoms with E-state index >= 15 is 0 Å². The number of rotatable bonds is 46. The maximum atomic E-state index is 12.3. The third kappa shape index (κ3) is 39.4. The number of carboxylic acid groups (broad SMARTS) is 1. The highest BCUT2D eigenvalue weighted by atomic mass is 31.0. The number of carbonyl (C=O) groups excluding carboxylic acids is 5. The molecular formula is C46H86N7O12P. The van der Waals surface area contributed by atoms with Crippen LogP contribution < -0.4 is 21.3 Å². The van der Waals surface area contributed by atoms with E-state index in [-0.39, 0.29) is 112 Å². The maximum Gasteiger partial charge on any atom is 0.407 e. The fourth-order valence-electron chi connectivity index (χ4n) is 6.48. The smallest absolute Gasteiger partial charge is 0.407 e. The fraction of sp³-hybridized carbons (Fsp3) is 0.826. The van der Waals surface area contributed by atoms with Crippen LogP contribution in [0.4, 0.5) is 4.79 Å². The molecule has 1 rings (SSSR count). The molecule has 382 valence electrons.